The Morgan fingerprint density at radius 1 is 1.00 bits per heavy atom. The van der Waals surface area contributed by atoms with Gasteiger partial charge in [0.2, 0.25) is 11.0 Å². The van der Waals surface area contributed by atoms with Crippen molar-refractivity contribution in [1.82, 2.24) is 0 Å². The largest absolute Gasteiger partial charge is 0.449 e. The van der Waals surface area contributed by atoms with Gasteiger partial charge in [-0.05, 0) is 18.2 Å². The molecule has 0 fully saturated rings. The van der Waals surface area contributed by atoms with Crippen LogP contribution < -0.4 is 5.43 Å². The van der Waals surface area contributed by atoms with Gasteiger partial charge in [-0.2, -0.15) is 0 Å². The molecule has 3 aromatic rings. The number of hydrogen-bond acceptors (Lipinski definition) is 4. The van der Waals surface area contributed by atoms with E-state index >= 15 is 0 Å². The predicted octanol–water partition coefficient (Wildman–Crippen LogP) is 2.85. The van der Waals surface area contributed by atoms with E-state index in [1.54, 1.807) is 24.3 Å². The molecule has 0 aliphatic rings. The van der Waals surface area contributed by atoms with E-state index in [0.717, 1.165) is 0 Å². The molecule has 1 heterocycles. The molecule has 0 bridgehead atoms. The van der Waals surface area contributed by atoms with Crippen LogP contribution in [0.1, 0.15) is 0 Å². The van der Waals surface area contributed by atoms with Gasteiger partial charge in [-0.3, -0.25) is 14.9 Å². The Kier molecular flexibility index (Phi) is 2.13. The SMILES string of the molecule is O=c1c2ccccc2oc2c([N+](=O)[O-])cccc12. The molecule has 0 saturated heterocycles. The molecular formula is C13H7NO4. The molecule has 2 aromatic carbocycles. The number of nitro benzene ring substituents is 1. The van der Waals surface area contributed by atoms with E-state index < -0.39 is 4.92 Å². The highest BCUT2D eigenvalue weighted by molar-refractivity contribution is 5.93. The van der Waals surface area contributed by atoms with Gasteiger partial charge in [0.25, 0.3) is 0 Å². The van der Waals surface area contributed by atoms with Crippen molar-refractivity contribution >= 4 is 27.6 Å². The fourth-order valence-corrected chi connectivity index (χ4v) is 1.95. The molecule has 0 aliphatic heterocycles. The smallest absolute Gasteiger partial charge is 0.312 e. The van der Waals surface area contributed by atoms with Gasteiger partial charge in [0.15, 0.2) is 0 Å². The second-order valence-corrected chi connectivity index (χ2v) is 3.84. The lowest BCUT2D eigenvalue weighted by molar-refractivity contribution is -0.383. The van der Waals surface area contributed by atoms with Crippen LogP contribution >= 0.6 is 0 Å². The maximum atomic E-state index is 12.2. The molecular weight excluding hydrogens is 234 g/mol. The van der Waals surface area contributed by atoms with Crippen molar-refractivity contribution in [2.24, 2.45) is 0 Å². The van der Waals surface area contributed by atoms with Crippen molar-refractivity contribution in [3.63, 3.8) is 0 Å². The topological polar surface area (TPSA) is 73.3 Å². The summed E-state index contributed by atoms with van der Waals surface area (Å²) in [4.78, 5) is 22.5. The van der Waals surface area contributed by atoms with E-state index in [1.165, 1.54) is 18.2 Å². The standard InChI is InChI=1S/C13H7NO4/c15-12-8-4-1-2-7-11(8)18-13-9(12)5-3-6-10(13)14(16)17/h1-7H. The van der Waals surface area contributed by atoms with E-state index in [0.29, 0.717) is 11.0 Å². The summed E-state index contributed by atoms with van der Waals surface area (Å²) in [5.41, 5.74) is -0.0820. The molecule has 0 radical (unpaired) electrons. The normalized spacial score (nSPS) is 10.9. The molecule has 88 valence electrons. The second kappa shape index (κ2) is 3.66. The summed E-state index contributed by atoms with van der Waals surface area (Å²) in [7, 11) is 0. The predicted molar refractivity (Wildman–Crippen MR) is 66.6 cm³/mol. The first-order valence-corrected chi connectivity index (χ1v) is 5.27. The molecule has 5 heteroatoms. The van der Waals surface area contributed by atoms with Crippen molar-refractivity contribution < 1.29 is 9.34 Å². The Hall–Kier alpha value is -2.69. The number of hydrogen-bond donors (Lipinski definition) is 0. The third kappa shape index (κ3) is 1.37. The molecule has 0 N–H and O–H groups in total. The molecule has 0 saturated carbocycles. The maximum Gasteiger partial charge on any atom is 0.312 e. The van der Waals surface area contributed by atoms with Crippen LogP contribution in [-0.4, -0.2) is 4.92 Å². The van der Waals surface area contributed by atoms with E-state index in [2.05, 4.69) is 0 Å². The zero-order valence-corrected chi connectivity index (χ0v) is 9.12. The van der Waals surface area contributed by atoms with Crippen LogP contribution in [0.4, 0.5) is 5.69 Å². The van der Waals surface area contributed by atoms with Gasteiger partial charge in [-0.1, -0.05) is 18.2 Å². The highest BCUT2D eigenvalue weighted by atomic mass is 16.6. The lowest BCUT2D eigenvalue weighted by Gasteiger charge is -2.01. The van der Waals surface area contributed by atoms with Gasteiger partial charge in [0, 0.05) is 6.07 Å². The lowest BCUT2D eigenvalue weighted by Crippen LogP contribution is -2.03. The van der Waals surface area contributed by atoms with Crippen molar-refractivity contribution in [2.75, 3.05) is 0 Å². The van der Waals surface area contributed by atoms with Gasteiger partial charge in [-0.25, -0.2) is 0 Å². The number of benzene rings is 2. The van der Waals surface area contributed by atoms with E-state index in [4.69, 9.17) is 4.42 Å². The average molecular weight is 241 g/mol. The number of nitrogens with zero attached hydrogens (tertiary/aromatic N) is 1. The first kappa shape index (κ1) is 10.5. The number of nitro groups is 1. The summed E-state index contributed by atoms with van der Waals surface area (Å²) in [6, 6.07) is 11.0. The van der Waals surface area contributed by atoms with Gasteiger partial charge in [-0.15, -0.1) is 0 Å². The molecule has 0 spiro atoms. The highest BCUT2D eigenvalue weighted by Crippen LogP contribution is 2.26. The summed E-state index contributed by atoms with van der Waals surface area (Å²) >= 11 is 0. The van der Waals surface area contributed by atoms with Gasteiger partial charge >= 0.3 is 5.69 Å². The van der Waals surface area contributed by atoms with Crippen LogP contribution in [0.3, 0.4) is 0 Å². The van der Waals surface area contributed by atoms with Gasteiger partial charge in [0.1, 0.15) is 5.58 Å². The van der Waals surface area contributed by atoms with Crippen LogP contribution in [0, 0.1) is 10.1 Å². The summed E-state index contributed by atoms with van der Waals surface area (Å²) in [5, 5.41) is 11.6. The average Bonchev–Trinajstić information content (AvgIpc) is 2.38. The Balaban J connectivity index is 2.60. The van der Waals surface area contributed by atoms with Crippen molar-refractivity contribution in [2.45, 2.75) is 0 Å². The van der Waals surface area contributed by atoms with Crippen LogP contribution in [0.15, 0.2) is 51.7 Å². The summed E-state index contributed by atoms with van der Waals surface area (Å²) < 4.78 is 5.48. The number of para-hydroxylation sites is 2. The van der Waals surface area contributed by atoms with Crippen LogP contribution in [0.25, 0.3) is 21.9 Å². The molecule has 3 rings (SSSR count). The van der Waals surface area contributed by atoms with Gasteiger partial charge < -0.3 is 4.42 Å². The number of non-ortho nitro benzene ring substituents is 1. The van der Waals surface area contributed by atoms with Crippen LogP contribution in [-0.2, 0) is 0 Å². The summed E-state index contributed by atoms with van der Waals surface area (Å²) in [5.74, 6) is 0. The monoisotopic (exact) mass is 241 g/mol. The fraction of sp³-hybridized carbons (Fsp3) is 0. The van der Waals surface area contributed by atoms with E-state index in [-0.39, 0.29) is 22.1 Å². The van der Waals surface area contributed by atoms with Crippen LogP contribution in [0.5, 0.6) is 0 Å². The van der Waals surface area contributed by atoms with E-state index in [1.807, 2.05) is 0 Å². The molecule has 0 atom stereocenters. The lowest BCUT2D eigenvalue weighted by atomic mass is 10.1. The third-order valence-corrected chi connectivity index (χ3v) is 2.78. The van der Waals surface area contributed by atoms with Crippen molar-refractivity contribution in [3.05, 3.63) is 62.8 Å². The van der Waals surface area contributed by atoms with Crippen molar-refractivity contribution in [3.8, 4) is 0 Å². The Morgan fingerprint density at radius 2 is 1.72 bits per heavy atom. The maximum absolute atomic E-state index is 12.2. The van der Waals surface area contributed by atoms with Gasteiger partial charge in [0.05, 0.1) is 15.7 Å². The summed E-state index contributed by atoms with van der Waals surface area (Å²) in [6.45, 7) is 0. The van der Waals surface area contributed by atoms with Crippen LogP contribution in [0.2, 0.25) is 0 Å². The Bertz CT molecular complexity index is 835. The molecule has 0 amide bonds. The number of fused-ring (bicyclic) bond motifs is 2. The molecule has 5 nitrogen and oxygen atoms in total. The molecule has 0 unspecified atom stereocenters. The summed E-state index contributed by atoms with van der Waals surface area (Å²) in [6.07, 6.45) is 0. The first-order chi connectivity index (χ1) is 8.68. The second-order valence-electron chi connectivity index (χ2n) is 3.84. The van der Waals surface area contributed by atoms with Crippen molar-refractivity contribution in [1.29, 1.82) is 0 Å². The Labute approximate surface area is 100 Å². The first-order valence-electron chi connectivity index (χ1n) is 5.27. The molecule has 0 aliphatic carbocycles. The Morgan fingerprint density at radius 3 is 2.50 bits per heavy atom. The quantitative estimate of drug-likeness (QED) is 0.373. The highest BCUT2D eigenvalue weighted by Gasteiger charge is 2.17. The minimum atomic E-state index is -0.556. The zero-order chi connectivity index (χ0) is 12.7. The third-order valence-electron chi connectivity index (χ3n) is 2.78. The molecule has 18 heavy (non-hydrogen) atoms. The minimum Gasteiger partial charge on any atom is -0.449 e. The fourth-order valence-electron chi connectivity index (χ4n) is 1.95. The van der Waals surface area contributed by atoms with E-state index in [9.17, 15) is 14.9 Å². The minimum absolute atomic E-state index is 0.0196. The zero-order valence-electron chi connectivity index (χ0n) is 9.12. The number of rotatable bonds is 1. The molecule has 1 aromatic heterocycles.